The highest BCUT2D eigenvalue weighted by Gasteiger charge is 2.19. The Labute approximate surface area is 90.3 Å². The monoisotopic (exact) mass is 226 g/mol. The molecule has 0 amide bonds. The number of hydrogen-bond acceptors (Lipinski definition) is 2. The van der Waals surface area contributed by atoms with Gasteiger partial charge in [0.2, 0.25) is 0 Å². The lowest BCUT2D eigenvalue weighted by Gasteiger charge is -2.32. The maximum Gasteiger partial charge on any atom is 0.111 e. The molecule has 0 bridgehead atoms. The van der Waals surface area contributed by atoms with Crippen LogP contribution in [0.15, 0.2) is 0 Å². The number of ether oxygens (including phenoxy) is 1. The van der Waals surface area contributed by atoms with E-state index in [-0.39, 0.29) is 12.4 Å². The van der Waals surface area contributed by atoms with Crippen molar-refractivity contribution >= 4 is 29.8 Å². The van der Waals surface area contributed by atoms with Gasteiger partial charge in [-0.3, -0.25) is 5.41 Å². The molecule has 0 radical (unpaired) electrons. The number of hydrogen-bond donors (Lipinski definition) is 1. The molecule has 1 fully saturated rings. The minimum absolute atomic E-state index is 0. The van der Waals surface area contributed by atoms with Gasteiger partial charge < -0.3 is 9.64 Å². The molecule has 1 saturated heterocycles. The predicted molar refractivity (Wildman–Crippen MR) is 57.3 cm³/mol. The summed E-state index contributed by atoms with van der Waals surface area (Å²) in [5.41, 5.74) is 0. The highest BCUT2D eigenvalue weighted by molar-refractivity contribution is 6.27. The Hall–Kier alpha value is 0.01000. The Kier molecular flexibility index (Phi) is 6.47. The standard InChI is InChI=1S/C8H15ClN2O.ClH/c1-12-7-2-4-11(5-3-7)8(10)6-9;/h7,10H,2-6H2,1H3;1H. The largest absolute Gasteiger partial charge is 0.381 e. The smallest absolute Gasteiger partial charge is 0.111 e. The van der Waals surface area contributed by atoms with Crippen molar-refractivity contribution in [2.75, 3.05) is 26.1 Å². The number of likely N-dealkylation sites (tertiary alicyclic amines) is 1. The predicted octanol–water partition coefficient (Wildman–Crippen LogP) is 1.74. The van der Waals surface area contributed by atoms with Gasteiger partial charge in [0.25, 0.3) is 0 Å². The lowest BCUT2D eigenvalue weighted by molar-refractivity contribution is 0.0576. The van der Waals surface area contributed by atoms with Crippen molar-refractivity contribution in [1.29, 1.82) is 5.41 Å². The summed E-state index contributed by atoms with van der Waals surface area (Å²) in [5.74, 6) is 0.851. The summed E-state index contributed by atoms with van der Waals surface area (Å²) in [5, 5.41) is 7.51. The van der Waals surface area contributed by atoms with E-state index < -0.39 is 0 Å². The number of amidine groups is 1. The molecule has 1 heterocycles. The first-order valence-corrected chi connectivity index (χ1v) is 4.72. The fourth-order valence-corrected chi connectivity index (χ4v) is 1.61. The van der Waals surface area contributed by atoms with E-state index in [2.05, 4.69) is 0 Å². The number of halogens is 2. The lowest BCUT2D eigenvalue weighted by atomic mass is 10.1. The van der Waals surface area contributed by atoms with Crippen LogP contribution in [0, 0.1) is 5.41 Å². The molecule has 0 saturated carbocycles. The topological polar surface area (TPSA) is 36.3 Å². The van der Waals surface area contributed by atoms with Gasteiger partial charge in [0.05, 0.1) is 12.0 Å². The van der Waals surface area contributed by atoms with Crippen LogP contribution in [0.5, 0.6) is 0 Å². The van der Waals surface area contributed by atoms with Gasteiger partial charge in [-0.05, 0) is 12.8 Å². The number of nitrogens with one attached hydrogen (secondary N) is 1. The SMILES string of the molecule is COC1CCN(C(=N)CCl)CC1.Cl. The Bertz CT molecular complexity index is 158. The quantitative estimate of drug-likeness (QED) is 0.443. The molecule has 1 aliphatic heterocycles. The molecule has 0 unspecified atom stereocenters. The molecule has 0 aliphatic carbocycles. The third kappa shape index (κ3) is 3.71. The first-order valence-electron chi connectivity index (χ1n) is 4.19. The van der Waals surface area contributed by atoms with Gasteiger partial charge in [-0.1, -0.05) is 0 Å². The van der Waals surface area contributed by atoms with E-state index in [4.69, 9.17) is 21.7 Å². The average molecular weight is 227 g/mol. The minimum Gasteiger partial charge on any atom is -0.381 e. The number of rotatable bonds is 2. The normalized spacial score (nSPS) is 18.2. The molecule has 1 aliphatic rings. The zero-order valence-electron chi connectivity index (χ0n) is 7.75. The fourth-order valence-electron chi connectivity index (χ4n) is 1.45. The molecule has 3 nitrogen and oxygen atoms in total. The molecular formula is C8H16Cl2N2O. The summed E-state index contributed by atoms with van der Waals surface area (Å²) in [6, 6.07) is 0. The van der Waals surface area contributed by atoms with Crippen LogP contribution >= 0.6 is 24.0 Å². The summed E-state index contributed by atoms with van der Waals surface area (Å²) in [6.45, 7) is 1.81. The van der Waals surface area contributed by atoms with E-state index in [1.54, 1.807) is 7.11 Å². The van der Waals surface area contributed by atoms with Crippen molar-refractivity contribution in [2.45, 2.75) is 18.9 Å². The summed E-state index contributed by atoms with van der Waals surface area (Å²) in [4.78, 5) is 2.02. The number of methoxy groups -OCH3 is 1. The maximum atomic E-state index is 7.51. The van der Waals surface area contributed by atoms with E-state index in [1.165, 1.54) is 0 Å². The van der Waals surface area contributed by atoms with E-state index in [1.807, 2.05) is 4.90 Å². The minimum atomic E-state index is 0. The van der Waals surface area contributed by atoms with Crippen LogP contribution in [-0.2, 0) is 4.74 Å². The molecule has 5 heteroatoms. The molecular weight excluding hydrogens is 211 g/mol. The van der Waals surface area contributed by atoms with Gasteiger partial charge in [0.1, 0.15) is 5.84 Å². The maximum absolute atomic E-state index is 7.51. The van der Waals surface area contributed by atoms with Crippen LogP contribution in [0.25, 0.3) is 0 Å². The van der Waals surface area contributed by atoms with E-state index >= 15 is 0 Å². The zero-order chi connectivity index (χ0) is 8.97. The van der Waals surface area contributed by atoms with E-state index in [0.29, 0.717) is 17.8 Å². The first kappa shape index (κ1) is 13.0. The van der Waals surface area contributed by atoms with Gasteiger partial charge in [-0.25, -0.2) is 0 Å². The average Bonchev–Trinajstić information content (AvgIpc) is 2.17. The van der Waals surface area contributed by atoms with Crippen molar-refractivity contribution in [3.8, 4) is 0 Å². The second-order valence-corrected chi connectivity index (χ2v) is 3.27. The fraction of sp³-hybridized carbons (Fsp3) is 0.875. The summed E-state index contributed by atoms with van der Waals surface area (Å²) >= 11 is 5.56. The summed E-state index contributed by atoms with van der Waals surface area (Å²) in [6.07, 6.45) is 2.40. The molecule has 0 atom stereocenters. The Morgan fingerprint density at radius 1 is 1.54 bits per heavy atom. The van der Waals surface area contributed by atoms with Gasteiger partial charge in [0, 0.05) is 20.2 Å². The highest BCUT2D eigenvalue weighted by Crippen LogP contribution is 2.12. The Balaban J connectivity index is 0.00000144. The van der Waals surface area contributed by atoms with E-state index in [9.17, 15) is 0 Å². The number of piperidine rings is 1. The molecule has 13 heavy (non-hydrogen) atoms. The molecule has 0 spiro atoms. The van der Waals surface area contributed by atoms with Gasteiger partial charge in [-0.2, -0.15) is 0 Å². The van der Waals surface area contributed by atoms with Crippen molar-refractivity contribution in [3.63, 3.8) is 0 Å². The zero-order valence-corrected chi connectivity index (χ0v) is 9.33. The highest BCUT2D eigenvalue weighted by atomic mass is 35.5. The van der Waals surface area contributed by atoms with Crippen molar-refractivity contribution in [1.82, 2.24) is 4.90 Å². The second kappa shape index (κ2) is 6.46. The summed E-state index contributed by atoms with van der Waals surface area (Å²) < 4.78 is 5.22. The third-order valence-corrected chi connectivity index (χ3v) is 2.54. The lowest BCUT2D eigenvalue weighted by Crippen LogP contribution is -2.40. The second-order valence-electron chi connectivity index (χ2n) is 3.00. The van der Waals surface area contributed by atoms with Crippen LogP contribution in [0.2, 0.25) is 0 Å². The van der Waals surface area contributed by atoms with E-state index in [0.717, 1.165) is 25.9 Å². The van der Waals surface area contributed by atoms with Crippen molar-refractivity contribution < 1.29 is 4.74 Å². The Morgan fingerprint density at radius 3 is 2.46 bits per heavy atom. The van der Waals surface area contributed by atoms with Crippen LogP contribution in [0.4, 0.5) is 0 Å². The van der Waals surface area contributed by atoms with Gasteiger partial charge >= 0.3 is 0 Å². The van der Waals surface area contributed by atoms with Crippen LogP contribution in [0.3, 0.4) is 0 Å². The molecule has 0 aromatic heterocycles. The molecule has 1 N–H and O–H groups in total. The molecule has 0 aromatic rings. The van der Waals surface area contributed by atoms with Gasteiger partial charge in [-0.15, -0.1) is 24.0 Å². The third-order valence-electron chi connectivity index (χ3n) is 2.28. The first-order chi connectivity index (χ1) is 5.77. The number of alkyl halides is 1. The van der Waals surface area contributed by atoms with Gasteiger partial charge in [0.15, 0.2) is 0 Å². The van der Waals surface area contributed by atoms with Crippen molar-refractivity contribution in [3.05, 3.63) is 0 Å². The Morgan fingerprint density at radius 2 is 2.08 bits per heavy atom. The van der Waals surface area contributed by atoms with Crippen LogP contribution in [0.1, 0.15) is 12.8 Å². The molecule has 0 aromatic carbocycles. The van der Waals surface area contributed by atoms with Crippen LogP contribution < -0.4 is 0 Å². The molecule has 78 valence electrons. The summed E-state index contributed by atoms with van der Waals surface area (Å²) in [7, 11) is 1.74. The van der Waals surface area contributed by atoms with Crippen LogP contribution in [-0.4, -0.2) is 42.9 Å². The number of nitrogens with zero attached hydrogens (tertiary/aromatic N) is 1. The molecule has 1 rings (SSSR count). The van der Waals surface area contributed by atoms with Crippen molar-refractivity contribution in [2.24, 2.45) is 0 Å².